The van der Waals surface area contributed by atoms with Gasteiger partial charge in [-0.3, -0.25) is 0 Å². The highest BCUT2D eigenvalue weighted by molar-refractivity contribution is 5.42. The second-order valence-corrected chi connectivity index (χ2v) is 4.22. The Bertz CT molecular complexity index is 485. The highest BCUT2D eigenvalue weighted by atomic mass is 16.5. The highest BCUT2D eigenvalue weighted by Crippen LogP contribution is 2.14. The van der Waals surface area contributed by atoms with Gasteiger partial charge in [0.05, 0.1) is 6.61 Å². The van der Waals surface area contributed by atoms with E-state index in [0.717, 1.165) is 23.5 Å². The Kier molecular flexibility index (Phi) is 5.26. The summed E-state index contributed by atoms with van der Waals surface area (Å²) in [5, 5.41) is 3.30. The van der Waals surface area contributed by atoms with E-state index in [9.17, 15) is 0 Å². The molecule has 0 unspecified atom stereocenters. The number of hydrogen-bond acceptors (Lipinski definition) is 3. The van der Waals surface area contributed by atoms with Crippen LogP contribution in [0.3, 0.4) is 0 Å². The van der Waals surface area contributed by atoms with Crippen LogP contribution in [-0.4, -0.2) is 20.3 Å². The zero-order valence-corrected chi connectivity index (χ0v) is 11.1. The first kappa shape index (κ1) is 13.4. The molecule has 0 fully saturated rings. The molecule has 0 radical (unpaired) electrons. The Labute approximate surface area is 114 Å². The molecular weight excluding hydrogens is 238 g/mol. The SMILES string of the molecule is COCc1cccc(OCCNc2ccccc2)c1. The van der Waals surface area contributed by atoms with Gasteiger partial charge >= 0.3 is 0 Å². The molecule has 3 heteroatoms. The molecule has 0 aliphatic carbocycles. The van der Waals surface area contributed by atoms with E-state index in [-0.39, 0.29) is 0 Å². The summed E-state index contributed by atoms with van der Waals surface area (Å²) in [6, 6.07) is 18.1. The number of para-hydroxylation sites is 1. The van der Waals surface area contributed by atoms with Crippen LogP contribution in [0.5, 0.6) is 5.75 Å². The van der Waals surface area contributed by atoms with Gasteiger partial charge in [-0.1, -0.05) is 30.3 Å². The summed E-state index contributed by atoms with van der Waals surface area (Å²) in [4.78, 5) is 0. The second-order valence-electron chi connectivity index (χ2n) is 4.22. The summed E-state index contributed by atoms with van der Waals surface area (Å²) in [7, 11) is 1.69. The maximum Gasteiger partial charge on any atom is 0.119 e. The van der Waals surface area contributed by atoms with Gasteiger partial charge in [-0.2, -0.15) is 0 Å². The van der Waals surface area contributed by atoms with Crippen LogP contribution in [0.2, 0.25) is 0 Å². The van der Waals surface area contributed by atoms with Crippen molar-refractivity contribution in [1.29, 1.82) is 0 Å². The molecule has 2 aromatic carbocycles. The molecule has 0 spiro atoms. The molecule has 0 saturated heterocycles. The molecule has 0 saturated carbocycles. The van der Waals surface area contributed by atoms with E-state index in [0.29, 0.717) is 13.2 Å². The number of rotatable bonds is 7. The molecule has 0 aromatic heterocycles. The average Bonchev–Trinajstić information content (AvgIpc) is 2.46. The summed E-state index contributed by atoms with van der Waals surface area (Å²) in [5.41, 5.74) is 2.23. The molecule has 0 bridgehead atoms. The molecule has 2 rings (SSSR count). The number of benzene rings is 2. The summed E-state index contributed by atoms with van der Waals surface area (Å²) in [6.45, 7) is 2.02. The normalized spacial score (nSPS) is 10.2. The van der Waals surface area contributed by atoms with Gasteiger partial charge in [0.2, 0.25) is 0 Å². The fraction of sp³-hybridized carbons (Fsp3) is 0.250. The molecule has 0 atom stereocenters. The van der Waals surface area contributed by atoms with Crippen LogP contribution in [-0.2, 0) is 11.3 Å². The number of hydrogen-bond donors (Lipinski definition) is 1. The quantitative estimate of drug-likeness (QED) is 0.772. The van der Waals surface area contributed by atoms with Gasteiger partial charge < -0.3 is 14.8 Å². The van der Waals surface area contributed by atoms with Gasteiger partial charge in [0.1, 0.15) is 12.4 Å². The lowest BCUT2D eigenvalue weighted by molar-refractivity contribution is 0.184. The first-order chi connectivity index (χ1) is 9.38. The van der Waals surface area contributed by atoms with Crippen LogP contribution in [0.4, 0.5) is 5.69 Å². The van der Waals surface area contributed by atoms with E-state index in [1.165, 1.54) is 0 Å². The van der Waals surface area contributed by atoms with E-state index >= 15 is 0 Å². The number of methoxy groups -OCH3 is 1. The Morgan fingerprint density at radius 3 is 2.63 bits per heavy atom. The molecule has 3 nitrogen and oxygen atoms in total. The van der Waals surface area contributed by atoms with Crippen molar-refractivity contribution in [1.82, 2.24) is 0 Å². The Balaban J connectivity index is 1.75. The molecular formula is C16H19NO2. The number of anilines is 1. The molecule has 0 heterocycles. The van der Waals surface area contributed by atoms with Gasteiger partial charge in [-0.25, -0.2) is 0 Å². The first-order valence-corrected chi connectivity index (χ1v) is 6.38. The van der Waals surface area contributed by atoms with E-state index < -0.39 is 0 Å². The minimum absolute atomic E-state index is 0.611. The van der Waals surface area contributed by atoms with Crippen molar-refractivity contribution in [3.05, 3.63) is 60.2 Å². The highest BCUT2D eigenvalue weighted by Gasteiger charge is 1.97. The van der Waals surface area contributed by atoms with Crippen molar-refractivity contribution in [2.75, 3.05) is 25.6 Å². The smallest absolute Gasteiger partial charge is 0.119 e. The Morgan fingerprint density at radius 1 is 1.00 bits per heavy atom. The maximum atomic E-state index is 5.70. The standard InChI is InChI=1S/C16H19NO2/c1-18-13-14-6-5-9-16(12-14)19-11-10-17-15-7-3-2-4-8-15/h2-9,12,17H,10-11,13H2,1H3. The van der Waals surface area contributed by atoms with Crippen molar-refractivity contribution in [3.63, 3.8) is 0 Å². The topological polar surface area (TPSA) is 30.5 Å². The zero-order chi connectivity index (χ0) is 13.3. The van der Waals surface area contributed by atoms with Crippen LogP contribution < -0.4 is 10.1 Å². The second kappa shape index (κ2) is 7.44. The Morgan fingerprint density at radius 2 is 1.84 bits per heavy atom. The fourth-order valence-electron chi connectivity index (χ4n) is 1.81. The summed E-state index contributed by atoms with van der Waals surface area (Å²) >= 11 is 0. The molecule has 1 N–H and O–H groups in total. The first-order valence-electron chi connectivity index (χ1n) is 6.38. The van der Waals surface area contributed by atoms with Crippen LogP contribution in [0.15, 0.2) is 54.6 Å². The van der Waals surface area contributed by atoms with E-state index in [4.69, 9.17) is 9.47 Å². The van der Waals surface area contributed by atoms with Gasteiger partial charge in [0.25, 0.3) is 0 Å². The van der Waals surface area contributed by atoms with Crippen LogP contribution >= 0.6 is 0 Å². The van der Waals surface area contributed by atoms with E-state index in [2.05, 4.69) is 5.32 Å². The van der Waals surface area contributed by atoms with Gasteiger partial charge in [0.15, 0.2) is 0 Å². The van der Waals surface area contributed by atoms with Gasteiger partial charge in [-0.05, 0) is 29.8 Å². The monoisotopic (exact) mass is 257 g/mol. The molecule has 0 aliphatic rings. The predicted octanol–water partition coefficient (Wildman–Crippen LogP) is 3.32. The molecule has 2 aromatic rings. The summed E-state index contributed by atoms with van der Waals surface area (Å²) in [6.07, 6.45) is 0. The Hall–Kier alpha value is -2.00. The van der Waals surface area contributed by atoms with Crippen molar-refractivity contribution in [2.45, 2.75) is 6.61 Å². The minimum Gasteiger partial charge on any atom is -0.492 e. The predicted molar refractivity (Wildman–Crippen MR) is 77.6 cm³/mol. The summed E-state index contributed by atoms with van der Waals surface area (Å²) in [5.74, 6) is 0.879. The third kappa shape index (κ3) is 4.64. The van der Waals surface area contributed by atoms with Gasteiger partial charge in [-0.15, -0.1) is 0 Å². The lowest BCUT2D eigenvalue weighted by Gasteiger charge is -2.09. The third-order valence-corrected chi connectivity index (χ3v) is 2.68. The lowest BCUT2D eigenvalue weighted by Crippen LogP contribution is -2.11. The van der Waals surface area contributed by atoms with Crippen LogP contribution in [0, 0.1) is 0 Å². The number of nitrogens with one attached hydrogen (secondary N) is 1. The van der Waals surface area contributed by atoms with E-state index in [1.54, 1.807) is 7.11 Å². The minimum atomic E-state index is 0.611. The maximum absolute atomic E-state index is 5.70. The largest absolute Gasteiger partial charge is 0.492 e. The fourth-order valence-corrected chi connectivity index (χ4v) is 1.81. The molecule has 0 amide bonds. The number of ether oxygens (including phenoxy) is 2. The van der Waals surface area contributed by atoms with Crippen molar-refractivity contribution in [3.8, 4) is 5.75 Å². The van der Waals surface area contributed by atoms with Crippen LogP contribution in [0.1, 0.15) is 5.56 Å². The van der Waals surface area contributed by atoms with Gasteiger partial charge in [0, 0.05) is 19.3 Å². The third-order valence-electron chi connectivity index (χ3n) is 2.68. The van der Waals surface area contributed by atoms with Crippen LogP contribution in [0.25, 0.3) is 0 Å². The molecule has 19 heavy (non-hydrogen) atoms. The molecule has 0 aliphatic heterocycles. The zero-order valence-electron chi connectivity index (χ0n) is 11.1. The van der Waals surface area contributed by atoms with E-state index in [1.807, 2.05) is 54.6 Å². The average molecular weight is 257 g/mol. The molecule has 100 valence electrons. The lowest BCUT2D eigenvalue weighted by atomic mass is 10.2. The van der Waals surface area contributed by atoms with Crippen molar-refractivity contribution >= 4 is 5.69 Å². The van der Waals surface area contributed by atoms with Crippen molar-refractivity contribution < 1.29 is 9.47 Å². The van der Waals surface area contributed by atoms with Crippen molar-refractivity contribution in [2.24, 2.45) is 0 Å². The summed E-state index contributed by atoms with van der Waals surface area (Å²) < 4.78 is 10.8.